The number of ether oxygens (including phenoxy) is 3. The van der Waals surface area contributed by atoms with Gasteiger partial charge in [0.15, 0.2) is 18.1 Å². The number of fused-ring (bicyclic) bond motifs is 1. The second kappa shape index (κ2) is 7.89. The standard InChI is InChI=1S/C20H15F4N3O4/c21-15-8-12(30-20(22,23)24)4-5-13(15)11-3-6-16-14(7-11)19(27-31-16)28-9-17(25)29-18(26)10-1-2-10/h3-8,10,25-26H,1-2,9H2. The van der Waals surface area contributed by atoms with Gasteiger partial charge in [0.1, 0.15) is 11.6 Å². The third kappa shape index (κ3) is 4.93. The number of aromatic nitrogens is 1. The number of alkyl halides is 3. The largest absolute Gasteiger partial charge is 0.573 e. The van der Waals surface area contributed by atoms with Crippen LogP contribution in [0.1, 0.15) is 12.8 Å². The Morgan fingerprint density at radius 2 is 1.90 bits per heavy atom. The zero-order chi connectivity index (χ0) is 22.2. The fourth-order valence-electron chi connectivity index (χ4n) is 2.84. The van der Waals surface area contributed by atoms with Crippen LogP contribution < -0.4 is 9.47 Å². The van der Waals surface area contributed by atoms with Crippen LogP contribution in [0.5, 0.6) is 11.6 Å². The molecule has 0 amide bonds. The molecule has 1 fully saturated rings. The highest BCUT2D eigenvalue weighted by atomic mass is 19.4. The van der Waals surface area contributed by atoms with Gasteiger partial charge in [-0.1, -0.05) is 6.07 Å². The van der Waals surface area contributed by atoms with E-state index in [0.29, 0.717) is 22.6 Å². The van der Waals surface area contributed by atoms with Gasteiger partial charge < -0.3 is 18.7 Å². The van der Waals surface area contributed by atoms with Crippen molar-refractivity contribution in [3.8, 4) is 22.8 Å². The van der Waals surface area contributed by atoms with Crippen molar-refractivity contribution in [2.24, 2.45) is 5.92 Å². The van der Waals surface area contributed by atoms with E-state index in [9.17, 15) is 17.6 Å². The van der Waals surface area contributed by atoms with Crippen molar-refractivity contribution >= 4 is 22.8 Å². The summed E-state index contributed by atoms with van der Waals surface area (Å²) >= 11 is 0. The van der Waals surface area contributed by atoms with E-state index in [1.54, 1.807) is 0 Å². The van der Waals surface area contributed by atoms with Gasteiger partial charge in [-0.3, -0.25) is 10.8 Å². The van der Waals surface area contributed by atoms with Crippen molar-refractivity contribution in [2.75, 3.05) is 6.61 Å². The summed E-state index contributed by atoms with van der Waals surface area (Å²) in [7, 11) is 0. The molecule has 162 valence electrons. The predicted molar refractivity (Wildman–Crippen MR) is 101 cm³/mol. The van der Waals surface area contributed by atoms with E-state index in [1.165, 1.54) is 24.3 Å². The fraction of sp³-hybridized carbons (Fsp3) is 0.250. The van der Waals surface area contributed by atoms with E-state index in [-0.39, 0.29) is 35.8 Å². The third-order valence-corrected chi connectivity index (χ3v) is 4.44. The van der Waals surface area contributed by atoms with Gasteiger partial charge in [0.25, 0.3) is 5.88 Å². The topological polar surface area (TPSA) is 101 Å². The Kier molecular flexibility index (Phi) is 5.25. The van der Waals surface area contributed by atoms with Crippen molar-refractivity contribution in [3.63, 3.8) is 0 Å². The highest BCUT2D eigenvalue weighted by Gasteiger charge is 2.31. The first-order chi connectivity index (χ1) is 14.7. The van der Waals surface area contributed by atoms with E-state index in [2.05, 4.69) is 9.89 Å². The van der Waals surface area contributed by atoms with Crippen LogP contribution in [0.4, 0.5) is 17.6 Å². The predicted octanol–water partition coefficient (Wildman–Crippen LogP) is 5.29. The van der Waals surface area contributed by atoms with Gasteiger partial charge in [-0.25, -0.2) is 4.39 Å². The maximum absolute atomic E-state index is 14.4. The molecule has 0 saturated heterocycles. The Hall–Kier alpha value is -3.63. The second-order valence-electron chi connectivity index (χ2n) is 6.84. The lowest BCUT2D eigenvalue weighted by Crippen LogP contribution is -2.19. The highest BCUT2D eigenvalue weighted by Crippen LogP contribution is 2.34. The molecule has 1 saturated carbocycles. The molecule has 3 aromatic rings. The first-order valence-electron chi connectivity index (χ1n) is 9.11. The second-order valence-corrected chi connectivity index (χ2v) is 6.84. The average molecular weight is 437 g/mol. The number of rotatable bonds is 6. The number of hydrogen-bond donors (Lipinski definition) is 2. The molecule has 4 rings (SSSR count). The SMILES string of the molecule is N=C(COc1noc2ccc(-c3ccc(OC(F)(F)F)cc3F)cc12)OC(=N)C1CC1. The number of hydrogen-bond acceptors (Lipinski definition) is 7. The van der Waals surface area contributed by atoms with Gasteiger partial charge in [-0.05, 0) is 47.8 Å². The molecule has 1 heterocycles. The van der Waals surface area contributed by atoms with Gasteiger partial charge in [0.05, 0.1) is 5.39 Å². The number of benzene rings is 2. The molecule has 11 heteroatoms. The first-order valence-corrected chi connectivity index (χ1v) is 9.11. The Morgan fingerprint density at radius 3 is 2.58 bits per heavy atom. The van der Waals surface area contributed by atoms with Crippen LogP contribution in [0.15, 0.2) is 40.9 Å². The molecule has 31 heavy (non-hydrogen) atoms. The zero-order valence-electron chi connectivity index (χ0n) is 15.8. The minimum Gasteiger partial charge on any atom is -0.465 e. The van der Waals surface area contributed by atoms with Gasteiger partial charge >= 0.3 is 6.36 Å². The molecule has 0 aliphatic heterocycles. The summed E-state index contributed by atoms with van der Waals surface area (Å²) in [6.07, 6.45) is -3.19. The molecule has 1 aliphatic rings. The summed E-state index contributed by atoms with van der Waals surface area (Å²) in [6.45, 7) is -0.293. The molecule has 2 N–H and O–H groups in total. The Morgan fingerprint density at radius 1 is 1.13 bits per heavy atom. The maximum atomic E-state index is 14.4. The Balaban J connectivity index is 1.51. The molecule has 0 bridgehead atoms. The summed E-state index contributed by atoms with van der Waals surface area (Å²) in [5, 5.41) is 19.6. The summed E-state index contributed by atoms with van der Waals surface area (Å²) < 4.78 is 70.7. The highest BCUT2D eigenvalue weighted by molar-refractivity contribution is 5.92. The Bertz CT molecular complexity index is 1160. The van der Waals surface area contributed by atoms with Crippen molar-refractivity contribution < 1.29 is 36.3 Å². The molecule has 2 aromatic carbocycles. The van der Waals surface area contributed by atoms with Crippen LogP contribution in [0.3, 0.4) is 0 Å². The maximum Gasteiger partial charge on any atom is 0.573 e. The number of nitrogens with one attached hydrogen (secondary N) is 2. The lowest BCUT2D eigenvalue weighted by molar-refractivity contribution is -0.274. The first kappa shape index (κ1) is 20.6. The zero-order valence-corrected chi connectivity index (χ0v) is 15.8. The molecule has 7 nitrogen and oxygen atoms in total. The van der Waals surface area contributed by atoms with Gasteiger partial charge in [0, 0.05) is 17.5 Å². The van der Waals surface area contributed by atoms with Gasteiger partial charge in [0.2, 0.25) is 5.90 Å². The van der Waals surface area contributed by atoms with Crippen molar-refractivity contribution in [2.45, 2.75) is 19.2 Å². The summed E-state index contributed by atoms with van der Waals surface area (Å²) in [4.78, 5) is 0. The van der Waals surface area contributed by atoms with Crippen LogP contribution in [-0.4, -0.2) is 29.9 Å². The van der Waals surface area contributed by atoms with Gasteiger partial charge in [-0.15, -0.1) is 13.2 Å². The van der Waals surface area contributed by atoms with Crippen LogP contribution >= 0.6 is 0 Å². The van der Waals surface area contributed by atoms with Crippen molar-refractivity contribution in [1.82, 2.24) is 5.16 Å². The van der Waals surface area contributed by atoms with Crippen LogP contribution in [0.25, 0.3) is 22.1 Å². The molecular formula is C20H15F4N3O4. The lowest BCUT2D eigenvalue weighted by atomic mass is 10.0. The molecule has 1 aliphatic carbocycles. The molecule has 0 radical (unpaired) electrons. The van der Waals surface area contributed by atoms with Crippen LogP contribution in [0.2, 0.25) is 0 Å². The monoisotopic (exact) mass is 437 g/mol. The lowest BCUT2D eigenvalue weighted by Gasteiger charge is -2.10. The Labute approximate surface area is 172 Å². The smallest absolute Gasteiger partial charge is 0.465 e. The van der Waals surface area contributed by atoms with E-state index < -0.39 is 17.9 Å². The van der Waals surface area contributed by atoms with Crippen molar-refractivity contribution in [1.29, 1.82) is 10.8 Å². The molecular weight excluding hydrogens is 422 g/mol. The summed E-state index contributed by atoms with van der Waals surface area (Å²) in [5.41, 5.74) is 0.713. The number of halogens is 4. The minimum atomic E-state index is -4.92. The van der Waals surface area contributed by atoms with Crippen LogP contribution in [0, 0.1) is 22.6 Å². The molecule has 1 aromatic heterocycles. The number of nitrogens with zero attached hydrogens (tertiary/aromatic N) is 1. The molecule has 0 atom stereocenters. The average Bonchev–Trinajstić information content (AvgIpc) is 3.46. The van der Waals surface area contributed by atoms with Gasteiger partial charge in [-0.2, -0.15) is 0 Å². The quantitative estimate of drug-likeness (QED) is 0.310. The van der Waals surface area contributed by atoms with E-state index >= 15 is 0 Å². The van der Waals surface area contributed by atoms with E-state index in [1.807, 2.05) is 0 Å². The van der Waals surface area contributed by atoms with Crippen molar-refractivity contribution in [3.05, 3.63) is 42.2 Å². The normalized spacial score (nSPS) is 13.8. The van der Waals surface area contributed by atoms with E-state index in [0.717, 1.165) is 18.9 Å². The summed E-state index contributed by atoms with van der Waals surface area (Å²) in [5.74, 6) is -1.74. The molecule has 0 spiro atoms. The summed E-state index contributed by atoms with van der Waals surface area (Å²) in [6, 6.07) is 7.34. The molecule has 0 unspecified atom stereocenters. The van der Waals surface area contributed by atoms with E-state index in [4.69, 9.17) is 24.8 Å². The third-order valence-electron chi connectivity index (χ3n) is 4.44. The minimum absolute atomic E-state index is 0.0225. The van der Waals surface area contributed by atoms with Crippen LogP contribution in [-0.2, 0) is 4.74 Å². The fourth-order valence-corrected chi connectivity index (χ4v) is 2.84.